The Morgan fingerprint density at radius 3 is 2.75 bits per heavy atom. The van der Waals surface area contributed by atoms with Gasteiger partial charge in [-0.05, 0) is 54.5 Å². The van der Waals surface area contributed by atoms with E-state index < -0.39 is 9.84 Å². The summed E-state index contributed by atoms with van der Waals surface area (Å²) >= 11 is 0. The summed E-state index contributed by atoms with van der Waals surface area (Å²) in [7, 11) is -2.99. The van der Waals surface area contributed by atoms with Crippen LogP contribution in [-0.2, 0) is 34.0 Å². The molecule has 2 heterocycles. The molecule has 32 heavy (non-hydrogen) atoms. The van der Waals surface area contributed by atoms with Crippen LogP contribution in [0.15, 0.2) is 54.7 Å². The Balaban J connectivity index is 1.43. The van der Waals surface area contributed by atoms with Gasteiger partial charge in [0.1, 0.15) is 16.4 Å². The van der Waals surface area contributed by atoms with Gasteiger partial charge in [0.15, 0.2) is 0 Å². The van der Waals surface area contributed by atoms with E-state index in [9.17, 15) is 13.2 Å². The number of likely N-dealkylation sites (tertiary alicyclic amines) is 1. The van der Waals surface area contributed by atoms with Gasteiger partial charge in [0.25, 0.3) is 0 Å². The lowest BCUT2D eigenvalue weighted by Crippen LogP contribution is -2.37. The number of aromatic nitrogens is 1. The highest BCUT2D eigenvalue weighted by molar-refractivity contribution is 7.91. The van der Waals surface area contributed by atoms with E-state index in [1.54, 1.807) is 6.92 Å². The van der Waals surface area contributed by atoms with Gasteiger partial charge < -0.3 is 14.6 Å². The molecule has 1 aliphatic heterocycles. The Morgan fingerprint density at radius 2 is 1.97 bits per heavy atom. The number of ether oxygens (including phenoxy) is 1. The monoisotopic (exact) mass is 454 g/mol. The molecule has 0 radical (unpaired) electrons. The molecule has 1 aromatic heterocycles. The van der Waals surface area contributed by atoms with Crippen LogP contribution in [0.5, 0.6) is 0 Å². The van der Waals surface area contributed by atoms with Crippen molar-refractivity contribution in [1.29, 1.82) is 0 Å². The molecule has 0 bridgehead atoms. The predicted molar refractivity (Wildman–Crippen MR) is 126 cm³/mol. The second-order valence-corrected chi connectivity index (χ2v) is 10.9. The number of aromatic amines is 1. The lowest BCUT2D eigenvalue weighted by Gasteiger charge is -2.24. The Hall–Kier alpha value is -2.80. The summed E-state index contributed by atoms with van der Waals surface area (Å²) in [5.41, 5.74) is 4.16. The van der Waals surface area contributed by atoms with Crippen molar-refractivity contribution in [2.45, 2.75) is 45.3 Å². The van der Waals surface area contributed by atoms with E-state index in [2.05, 4.69) is 11.1 Å². The van der Waals surface area contributed by atoms with E-state index in [-0.39, 0.29) is 30.2 Å². The van der Waals surface area contributed by atoms with Crippen LogP contribution in [0.25, 0.3) is 10.9 Å². The zero-order valence-corrected chi connectivity index (χ0v) is 19.2. The minimum atomic E-state index is -2.99. The highest BCUT2D eigenvalue weighted by Crippen LogP contribution is 2.27. The van der Waals surface area contributed by atoms with Gasteiger partial charge in [-0.2, -0.15) is 0 Å². The van der Waals surface area contributed by atoms with Crippen molar-refractivity contribution in [3.8, 4) is 0 Å². The standard InChI is InChI=1S/C25H30N2O4S/c1-2-32(29,30)14-12-19-10-11-24-23(15-19)21(17-26-24)16-22-9-6-13-27(22)25(28)31-18-20-7-4-3-5-8-20/h3-5,7-8,10-11,15,17,22,26H,2,6,9,12-14,16,18H2,1H3/t22-/m1/s1. The van der Waals surface area contributed by atoms with Crippen LogP contribution < -0.4 is 0 Å². The van der Waals surface area contributed by atoms with Gasteiger partial charge in [-0.3, -0.25) is 0 Å². The highest BCUT2D eigenvalue weighted by Gasteiger charge is 2.30. The number of H-pyrrole nitrogens is 1. The lowest BCUT2D eigenvalue weighted by atomic mass is 10.0. The summed E-state index contributed by atoms with van der Waals surface area (Å²) in [6, 6.07) is 15.9. The Kier molecular flexibility index (Phi) is 6.84. The molecule has 0 unspecified atom stereocenters. The molecular formula is C25H30N2O4S. The van der Waals surface area contributed by atoms with Crippen LogP contribution in [0.3, 0.4) is 0 Å². The van der Waals surface area contributed by atoms with Crippen LogP contribution in [0.1, 0.15) is 36.5 Å². The van der Waals surface area contributed by atoms with Crippen LogP contribution in [-0.4, -0.2) is 48.5 Å². The average molecular weight is 455 g/mol. The summed E-state index contributed by atoms with van der Waals surface area (Å²) in [5, 5.41) is 1.10. The molecule has 7 heteroatoms. The summed E-state index contributed by atoms with van der Waals surface area (Å²) < 4.78 is 29.3. The minimum Gasteiger partial charge on any atom is -0.445 e. The molecular weight excluding hydrogens is 424 g/mol. The Bertz CT molecular complexity index is 1170. The number of carbonyl (C=O) groups excluding carboxylic acids is 1. The maximum atomic E-state index is 12.7. The van der Waals surface area contributed by atoms with Crippen LogP contribution in [0, 0.1) is 0 Å². The molecule has 1 saturated heterocycles. The molecule has 4 rings (SSSR count). The van der Waals surface area contributed by atoms with Gasteiger partial charge in [-0.1, -0.05) is 43.3 Å². The Morgan fingerprint density at radius 1 is 1.16 bits per heavy atom. The third-order valence-corrected chi connectivity index (χ3v) is 7.95. The molecule has 2 aromatic carbocycles. The number of nitrogens with one attached hydrogen (secondary N) is 1. The number of sulfone groups is 1. The zero-order chi connectivity index (χ0) is 22.6. The molecule has 6 nitrogen and oxygen atoms in total. The fourth-order valence-corrected chi connectivity index (χ4v) is 5.15. The maximum Gasteiger partial charge on any atom is 0.410 e. The molecule has 170 valence electrons. The number of fused-ring (bicyclic) bond motifs is 1. The first-order valence-electron chi connectivity index (χ1n) is 11.2. The van der Waals surface area contributed by atoms with E-state index in [0.29, 0.717) is 13.0 Å². The van der Waals surface area contributed by atoms with Gasteiger partial charge >= 0.3 is 6.09 Å². The van der Waals surface area contributed by atoms with Crippen LogP contribution in [0.2, 0.25) is 0 Å². The number of aryl methyl sites for hydroxylation is 1. The first-order chi connectivity index (χ1) is 15.4. The molecule has 0 aliphatic carbocycles. The quantitative estimate of drug-likeness (QED) is 0.544. The number of amides is 1. The first-order valence-corrected chi connectivity index (χ1v) is 13.0. The molecule has 0 spiro atoms. The van der Waals surface area contributed by atoms with E-state index in [1.807, 2.05) is 53.6 Å². The van der Waals surface area contributed by atoms with Gasteiger partial charge in [0, 0.05) is 35.4 Å². The zero-order valence-electron chi connectivity index (χ0n) is 18.4. The van der Waals surface area contributed by atoms with E-state index >= 15 is 0 Å². The number of nitrogens with zero attached hydrogens (tertiary/aromatic N) is 1. The van der Waals surface area contributed by atoms with Gasteiger partial charge in [-0.15, -0.1) is 0 Å². The fraction of sp³-hybridized carbons (Fsp3) is 0.400. The molecule has 1 amide bonds. The molecule has 1 N–H and O–H groups in total. The SMILES string of the molecule is CCS(=O)(=O)CCc1ccc2[nH]cc(C[C@H]3CCCN3C(=O)OCc3ccccc3)c2c1. The Labute approximate surface area is 189 Å². The van der Waals surface area contributed by atoms with Crippen molar-refractivity contribution in [3.05, 3.63) is 71.4 Å². The smallest absolute Gasteiger partial charge is 0.410 e. The normalized spacial score (nSPS) is 16.5. The predicted octanol–water partition coefficient (Wildman–Crippen LogP) is 4.49. The summed E-state index contributed by atoms with van der Waals surface area (Å²) in [6.07, 6.45) is 4.91. The number of carbonyl (C=O) groups is 1. The maximum absolute atomic E-state index is 12.7. The van der Waals surface area contributed by atoms with Crippen molar-refractivity contribution < 1.29 is 17.9 Å². The van der Waals surface area contributed by atoms with Crippen LogP contribution >= 0.6 is 0 Å². The van der Waals surface area contributed by atoms with E-state index in [0.717, 1.165) is 46.9 Å². The van der Waals surface area contributed by atoms with Gasteiger partial charge in [-0.25, -0.2) is 13.2 Å². The second-order valence-electron chi connectivity index (χ2n) is 8.41. The highest BCUT2D eigenvalue weighted by atomic mass is 32.2. The third-order valence-electron chi connectivity index (χ3n) is 6.25. The van der Waals surface area contributed by atoms with Crippen LogP contribution in [0.4, 0.5) is 4.79 Å². The second kappa shape index (κ2) is 9.77. The van der Waals surface area contributed by atoms with Crippen molar-refractivity contribution in [2.75, 3.05) is 18.1 Å². The van der Waals surface area contributed by atoms with Crippen molar-refractivity contribution in [3.63, 3.8) is 0 Å². The molecule has 3 aromatic rings. The fourth-order valence-electron chi connectivity index (χ4n) is 4.31. The number of benzene rings is 2. The lowest BCUT2D eigenvalue weighted by molar-refractivity contribution is 0.0921. The van der Waals surface area contributed by atoms with Crippen molar-refractivity contribution in [1.82, 2.24) is 9.88 Å². The molecule has 1 aliphatic rings. The third kappa shape index (κ3) is 5.33. The first kappa shape index (κ1) is 22.4. The summed E-state index contributed by atoms with van der Waals surface area (Å²) in [6.45, 7) is 2.67. The largest absolute Gasteiger partial charge is 0.445 e. The topological polar surface area (TPSA) is 79.5 Å². The van der Waals surface area contributed by atoms with Crippen molar-refractivity contribution in [2.24, 2.45) is 0 Å². The summed E-state index contributed by atoms with van der Waals surface area (Å²) in [5.74, 6) is 0.334. The van der Waals surface area contributed by atoms with Gasteiger partial charge in [0.2, 0.25) is 0 Å². The van der Waals surface area contributed by atoms with Gasteiger partial charge in [0.05, 0.1) is 5.75 Å². The van der Waals surface area contributed by atoms with E-state index in [4.69, 9.17) is 4.74 Å². The summed E-state index contributed by atoms with van der Waals surface area (Å²) in [4.78, 5) is 17.9. The number of hydrogen-bond acceptors (Lipinski definition) is 4. The minimum absolute atomic E-state index is 0.0985. The molecule has 1 fully saturated rings. The van der Waals surface area contributed by atoms with E-state index in [1.165, 1.54) is 0 Å². The number of rotatable bonds is 8. The average Bonchev–Trinajstić information content (AvgIpc) is 3.44. The molecule has 1 atom stereocenters. The molecule has 0 saturated carbocycles. The van der Waals surface area contributed by atoms with Crippen molar-refractivity contribution >= 4 is 26.8 Å². The number of hydrogen-bond donors (Lipinski definition) is 1.